The Hall–Kier alpha value is -3.29. The number of benzene rings is 1. The van der Waals surface area contributed by atoms with Crippen molar-refractivity contribution in [1.29, 1.82) is 0 Å². The van der Waals surface area contributed by atoms with E-state index in [1.54, 1.807) is 22.9 Å². The summed E-state index contributed by atoms with van der Waals surface area (Å²) >= 11 is 0. The number of anilines is 1. The largest absolute Gasteiger partial charge is 0.322 e. The molecule has 0 radical (unpaired) electrons. The third-order valence-corrected chi connectivity index (χ3v) is 3.69. The molecule has 1 aromatic carbocycles. The molecule has 0 aliphatic carbocycles. The van der Waals surface area contributed by atoms with Crippen LogP contribution >= 0.6 is 0 Å². The second kappa shape index (κ2) is 6.45. The number of hydrogen-bond donors (Lipinski definition) is 1. The molecule has 0 atom stereocenters. The number of nitrogens with zero attached hydrogens (tertiary/aromatic N) is 6. The molecule has 8 heteroatoms. The normalized spacial score (nSPS) is 11.1. The van der Waals surface area contributed by atoms with Crippen LogP contribution in [0, 0.1) is 13.8 Å². The van der Waals surface area contributed by atoms with E-state index < -0.39 is 0 Å². The molecule has 8 nitrogen and oxygen atoms in total. The molecular weight excluding hydrogens is 306 g/mol. The number of tetrazole rings is 1. The number of hydrogen-bond acceptors (Lipinski definition) is 5. The minimum absolute atomic E-state index is 0.216. The van der Waals surface area contributed by atoms with E-state index in [0.717, 1.165) is 22.6 Å². The van der Waals surface area contributed by atoms with Gasteiger partial charge in [-0.15, -0.1) is 5.10 Å². The third-order valence-electron chi connectivity index (χ3n) is 3.69. The van der Waals surface area contributed by atoms with E-state index in [4.69, 9.17) is 0 Å². The maximum absolute atomic E-state index is 12.1. The van der Waals surface area contributed by atoms with Crippen molar-refractivity contribution in [3.8, 4) is 5.69 Å². The van der Waals surface area contributed by atoms with Crippen molar-refractivity contribution in [3.05, 3.63) is 53.6 Å². The van der Waals surface area contributed by atoms with E-state index in [9.17, 15) is 4.79 Å². The predicted molar refractivity (Wildman–Crippen MR) is 89.5 cm³/mol. The molecule has 0 aliphatic heterocycles. The first kappa shape index (κ1) is 15.6. The van der Waals surface area contributed by atoms with Gasteiger partial charge in [0.15, 0.2) is 0 Å². The van der Waals surface area contributed by atoms with Crippen LogP contribution in [0.3, 0.4) is 0 Å². The molecule has 3 aromatic rings. The van der Waals surface area contributed by atoms with Gasteiger partial charge in [-0.05, 0) is 48.5 Å². The van der Waals surface area contributed by atoms with Crippen molar-refractivity contribution in [2.75, 3.05) is 5.32 Å². The van der Waals surface area contributed by atoms with E-state index in [2.05, 4.69) is 25.9 Å². The van der Waals surface area contributed by atoms with Gasteiger partial charge in [0, 0.05) is 30.1 Å². The van der Waals surface area contributed by atoms with Gasteiger partial charge in [0.25, 0.3) is 0 Å². The number of rotatable bonds is 4. The number of aryl methyl sites for hydroxylation is 2. The predicted octanol–water partition coefficient (Wildman–Crippen LogP) is 1.66. The molecule has 2 aromatic heterocycles. The van der Waals surface area contributed by atoms with Gasteiger partial charge in [-0.25, -0.2) is 4.68 Å². The van der Waals surface area contributed by atoms with Crippen molar-refractivity contribution in [2.24, 2.45) is 7.05 Å². The molecule has 24 heavy (non-hydrogen) atoms. The molecule has 0 unspecified atom stereocenters. The summed E-state index contributed by atoms with van der Waals surface area (Å²) in [5.74, 6) is -0.216. The minimum Gasteiger partial charge on any atom is -0.322 e. The summed E-state index contributed by atoms with van der Waals surface area (Å²) in [6, 6.07) is 7.28. The average molecular weight is 323 g/mol. The molecular formula is C16H17N7O. The van der Waals surface area contributed by atoms with Gasteiger partial charge < -0.3 is 5.32 Å². The lowest BCUT2D eigenvalue weighted by Crippen LogP contribution is -2.08. The summed E-state index contributed by atoms with van der Waals surface area (Å²) in [6.07, 6.45) is 4.77. The summed E-state index contributed by atoms with van der Waals surface area (Å²) in [5.41, 5.74) is 4.28. The standard InChI is InChI=1S/C16H17N7O/c1-11-15(12(2)22(3)19-11)7-8-16(24)18-13-5-4-6-14(9-13)23-10-17-20-21-23/h4-10H,1-3H3,(H,18,24)/b8-7+. The zero-order chi connectivity index (χ0) is 17.1. The van der Waals surface area contributed by atoms with Crippen molar-refractivity contribution in [1.82, 2.24) is 30.0 Å². The van der Waals surface area contributed by atoms with Crippen LogP contribution in [0.25, 0.3) is 11.8 Å². The molecule has 0 fully saturated rings. The van der Waals surface area contributed by atoms with Gasteiger partial charge in [0.05, 0.1) is 11.4 Å². The Balaban J connectivity index is 1.73. The fraction of sp³-hybridized carbons (Fsp3) is 0.188. The highest BCUT2D eigenvalue weighted by atomic mass is 16.1. The van der Waals surface area contributed by atoms with Crippen LogP contribution in [-0.4, -0.2) is 35.9 Å². The zero-order valence-electron chi connectivity index (χ0n) is 13.6. The maximum Gasteiger partial charge on any atom is 0.248 e. The smallest absolute Gasteiger partial charge is 0.248 e. The quantitative estimate of drug-likeness (QED) is 0.738. The fourth-order valence-corrected chi connectivity index (χ4v) is 2.38. The fourth-order valence-electron chi connectivity index (χ4n) is 2.38. The van der Waals surface area contributed by atoms with Crippen LogP contribution in [0.15, 0.2) is 36.7 Å². The highest BCUT2D eigenvalue weighted by Gasteiger charge is 2.07. The molecule has 1 amide bonds. The number of carbonyl (C=O) groups excluding carboxylic acids is 1. The van der Waals surface area contributed by atoms with E-state index in [1.165, 1.54) is 17.1 Å². The first-order valence-corrected chi connectivity index (χ1v) is 7.37. The Labute approximate surface area is 138 Å². The van der Waals surface area contributed by atoms with Crippen molar-refractivity contribution >= 4 is 17.7 Å². The Morgan fingerprint density at radius 3 is 2.79 bits per heavy atom. The Bertz CT molecular complexity index is 893. The van der Waals surface area contributed by atoms with Crippen molar-refractivity contribution in [2.45, 2.75) is 13.8 Å². The Morgan fingerprint density at radius 2 is 2.12 bits per heavy atom. The molecule has 3 rings (SSSR count). The number of aromatic nitrogens is 6. The minimum atomic E-state index is -0.216. The Morgan fingerprint density at radius 1 is 1.29 bits per heavy atom. The summed E-state index contributed by atoms with van der Waals surface area (Å²) < 4.78 is 3.32. The highest BCUT2D eigenvalue weighted by Crippen LogP contribution is 2.15. The number of nitrogens with one attached hydrogen (secondary N) is 1. The van der Waals surface area contributed by atoms with Gasteiger partial charge in [-0.2, -0.15) is 5.10 Å². The molecule has 0 saturated heterocycles. The second-order valence-corrected chi connectivity index (χ2v) is 5.34. The highest BCUT2D eigenvalue weighted by molar-refractivity contribution is 6.02. The SMILES string of the molecule is Cc1nn(C)c(C)c1/C=C/C(=O)Nc1cccc(-n2cnnn2)c1. The molecule has 0 aliphatic rings. The first-order valence-electron chi connectivity index (χ1n) is 7.37. The topological polar surface area (TPSA) is 90.5 Å². The van der Waals surface area contributed by atoms with E-state index in [-0.39, 0.29) is 5.91 Å². The summed E-state index contributed by atoms with van der Waals surface area (Å²) in [6.45, 7) is 3.88. The molecule has 122 valence electrons. The Kier molecular flexibility index (Phi) is 4.19. The number of carbonyl (C=O) groups is 1. The lowest BCUT2D eigenvalue weighted by molar-refractivity contribution is -0.111. The molecule has 0 spiro atoms. The molecule has 1 N–H and O–H groups in total. The van der Waals surface area contributed by atoms with Gasteiger partial charge in [-0.1, -0.05) is 6.07 Å². The van der Waals surface area contributed by atoms with Crippen LogP contribution in [0.4, 0.5) is 5.69 Å². The van der Waals surface area contributed by atoms with Crippen LogP contribution in [0.1, 0.15) is 17.0 Å². The molecule has 2 heterocycles. The van der Waals surface area contributed by atoms with E-state index in [1.807, 2.05) is 33.0 Å². The van der Waals surface area contributed by atoms with Gasteiger partial charge >= 0.3 is 0 Å². The van der Waals surface area contributed by atoms with Crippen molar-refractivity contribution in [3.63, 3.8) is 0 Å². The van der Waals surface area contributed by atoms with Gasteiger partial charge in [0.2, 0.25) is 5.91 Å². The van der Waals surface area contributed by atoms with E-state index in [0.29, 0.717) is 5.69 Å². The van der Waals surface area contributed by atoms with E-state index >= 15 is 0 Å². The summed E-state index contributed by atoms with van der Waals surface area (Å²) in [5, 5.41) is 18.2. The first-order chi connectivity index (χ1) is 11.5. The van der Waals surface area contributed by atoms with Crippen LogP contribution < -0.4 is 5.32 Å². The lowest BCUT2D eigenvalue weighted by atomic mass is 10.2. The maximum atomic E-state index is 12.1. The van der Waals surface area contributed by atoms with Gasteiger partial charge in [-0.3, -0.25) is 9.48 Å². The zero-order valence-corrected chi connectivity index (χ0v) is 13.6. The molecule has 0 bridgehead atoms. The monoisotopic (exact) mass is 323 g/mol. The summed E-state index contributed by atoms with van der Waals surface area (Å²) in [4.78, 5) is 12.1. The average Bonchev–Trinajstić information content (AvgIpc) is 3.16. The summed E-state index contributed by atoms with van der Waals surface area (Å²) in [7, 11) is 1.88. The molecule has 0 saturated carbocycles. The van der Waals surface area contributed by atoms with Crippen LogP contribution in [0.5, 0.6) is 0 Å². The van der Waals surface area contributed by atoms with Crippen LogP contribution in [0.2, 0.25) is 0 Å². The number of amides is 1. The van der Waals surface area contributed by atoms with Crippen LogP contribution in [-0.2, 0) is 11.8 Å². The van der Waals surface area contributed by atoms with Crippen molar-refractivity contribution < 1.29 is 4.79 Å². The third kappa shape index (κ3) is 3.22. The second-order valence-electron chi connectivity index (χ2n) is 5.34. The van der Waals surface area contributed by atoms with Gasteiger partial charge in [0.1, 0.15) is 6.33 Å². The lowest BCUT2D eigenvalue weighted by Gasteiger charge is -2.05.